The van der Waals surface area contributed by atoms with Gasteiger partial charge in [0.2, 0.25) is 0 Å². The van der Waals surface area contributed by atoms with Crippen molar-refractivity contribution in [3.05, 3.63) is 29.3 Å². The number of carbonyl (C=O) groups is 1. The zero-order valence-corrected chi connectivity index (χ0v) is 7.43. The topological polar surface area (TPSA) is 92.8 Å². The first kappa shape index (κ1) is 10.5. The van der Waals surface area contributed by atoms with Crippen molar-refractivity contribution in [2.45, 2.75) is 6.54 Å². The van der Waals surface area contributed by atoms with Gasteiger partial charge in [-0.15, -0.1) is 0 Å². The molecule has 0 saturated heterocycles. The van der Waals surface area contributed by atoms with Gasteiger partial charge in [-0.25, -0.2) is 4.79 Å². The Morgan fingerprint density at radius 3 is 2.71 bits per heavy atom. The summed E-state index contributed by atoms with van der Waals surface area (Å²) in [6.45, 7) is -0.333. The van der Waals surface area contributed by atoms with Gasteiger partial charge in [-0.2, -0.15) is 0 Å². The number of hydrogen-bond donors (Lipinski definition) is 3. The summed E-state index contributed by atoms with van der Waals surface area (Å²) in [4.78, 5) is 10.7. The quantitative estimate of drug-likeness (QED) is 0.598. The monoisotopic (exact) mass is 197 g/mol. The number of ether oxygens (including phenoxy) is 1. The molecule has 0 spiro atoms. The average Bonchev–Trinajstić information content (AvgIpc) is 2.17. The van der Waals surface area contributed by atoms with Crippen molar-refractivity contribution in [2.75, 3.05) is 6.79 Å². The third kappa shape index (κ3) is 2.21. The molecule has 0 radical (unpaired) electrons. The number of carboxylic acids is 1. The Morgan fingerprint density at radius 1 is 1.50 bits per heavy atom. The molecule has 1 aromatic carbocycles. The summed E-state index contributed by atoms with van der Waals surface area (Å²) in [7, 11) is 0. The molecule has 76 valence electrons. The Kier molecular flexibility index (Phi) is 3.44. The van der Waals surface area contributed by atoms with E-state index in [1.165, 1.54) is 18.2 Å². The van der Waals surface area contributed by atoms with E-state index >= 15 is 0 Å². The van der Waals surface area contributed by atoms with Crippen molar-refractivity contribution in [1.29, 1.82) is 0 Å². The second-order valence-electron chi connectivity index (χ2n) is 2.60. The van der Waals surface area contributed by atoms with Crippen molar-refractivity contribution >= 4 is 5.97 Å². The second-order valence-corrected chi connectivity index (χ2v) is 2.60. The van der Waals surface area contributed by atoms with Gasteiger partial charge in [-0.1, -0.05) is 0 Å². The molecule has 4 N–H and O–H groups in total. The Bertz CT molecular complexity index is 338. The fourth-order valence-corrected chi connectivity index (χ4v) is 1.11. The smallest absolute Gasteiger partial charge is 0.336 e. The number of rotatable bonds is 4. The van der Waals surface area contributed by atoms with Crippen molar-refractivity contribution in [3.63, 3.8) is 0 Å². The highest BCUT2D eigenvalue weighted by Gasteiger charge is 2.09. The molecular weight excluding hydrogens is 186 g/mol. The Balaban J connectivity index is 3.05. The molecule has 0 amide bonds. The third-order valence-electron chi connectivity index (χ3n) is 1.76. The highest BCUT2D eigenvalue weighted by atomic mass is 16.6. The van der Waals surface area contributed by atoms with Crippen LogP contribution in [0.4, 0.5) is 0 Å². The average molecular weight is 197 g/mol. The maximum Gasteiger partial charge on any atom is 0.336 e. The number of carboxylic acid groups (broad SMARTS) is 1. The van der Waals surface area contributed by atoms with E-state index in [4.69, 9.17) is 20.7 Å². The zero-order chi connectivity index (χ0) is 10.6. The van der Waals surface area contributed by atoms with Crippen molar-refractivity contribution in [1.82, 2.24) is 0 Å². The lowest BCUT2D eigenvalue weighted by atomic mass is 10.1. The first-order chi connectivity index (χ1) is 6.69. The van der Waals surface area contributed by atoms with Crippen LogP contribution in [0.3, 0.4) is 0 Å². The van der Waals surface area contributed by atoms with Gasteiger partial charge in [0, 0.05) is 6.54 Å². The maximum absolute atomic E-state index is 10.7. The summed E-state index contributed by atoms with van der Waals surface area (Å²) in [6.07, 6.45) is 0. The molecule has 0 aromatic heterocycles. The van der Waals surface area contributed by atoms with Crippen molar-refractivity contribution in [2.24, 2.45) is 5.73 Å². The van der Waals surface area contributed by atoms with Crippen LogP contribution in [-0.4, -0.2) is 23.0 Å². The minimum atomic E-state index is -1.03. The molecule has 5 heteroatoms. The lowest BCUT2D eigenvalue weighted by molar-refractivity contribution is 0.0695. The third-order valence-corrected chi connectivity index (χ3v) is 1.76. The van der Waals surface area contributed by atoms with E-state index in [0.717, 1.165) is 0 Å². The van der Waals surface area contributed by atoms with Crippen LogP contribution in [0.2, 0.25) is 0 Å². The lowest BCUT2D eigenvalue weighted by Crippen LogP contribution is -2.07. The van der Waals surface area contributed by atoms with Crippen molar-refractivity contribution < 1.29 is 19.7 Å². The highest BCUT2D eigenvalue weighted by Crippen LogP contribution is 2.17. The first-order valence-electron chi connectivity index (χ1n) is 3.99. The van der Waals surface area contributed by atoms with Crippen molar-refractivity contribution in [3.8, 4) is 5.75 Å². The summed E-state index contributed by atoms with van der Waals surface area (Å²) in [5, 5.41) is 17.3. The molecular formula is C9H11NO4. The SMILES string of the molecule is NCc1cc(OCO)ccc1C(=O)O. The molecule has 5 nitrogen and oxygen atoms in total. The van der Waals surface area contributed by atoms with E-state index in [9.17, 15) is 4.79 Å². The number of aromatic carboxylic acids is 1. The summed E-state index contributed by atoms with van der Waals surface area (Å²) in [5.74, 6) is -0.626. The van der Waals surface area contributed by atoms with Gasteiger partial charge in [0.05, 0.1) is 5.56 Å². The van der Waals surface area contributed by atoms with Gasteiger partial charge >= 0.3 is 5.97 Å². The molecule has 0 fully saturated rings. The molecule has 1 aromatic rings. The van der Waals surface area contributed by atoms with E-state index in [0.29, 0.717) is 11.3 Å². The number of hydrogen-bond acceptors (Lipinski definition) is 4. The Labute approximate surface area is 80.7 Å². The van der Waals surface area contributed by atoms with Crippen LogP contribution in [0.15, 0.2) is 18.2 Å². The van der Waals surface area contributed by atoms with Crippen LogP contribution in [0.5, 0.6) is 5.75 Å². The second kappa shape index (κ2) is 4.59. The van der Waals surface area contributed by atoms with E-state index < -0.39 is 12.8 Å². The zero-order valence-electron chi connectivity index (χ0n) is 7.43. The molecule has 0 aliphatic carbocycles. The van der Waals surface area contributed by atoms with Gasteiger partial charge in [0.25, 0.3) is 0 Å². The number of nitrogens with two attached hydrogens (primary N) is 1. The van der Waals surface area contributed by atoms with Gasteiger partial charge < -0.3 is 20.7 Å². The molecule has 0 aliphatic heterocycles. The van der Waals surface area contributed by atoms with E-state index in [2.05, 4.69) is 0 Å². The fraction of sp³-hybridized carbons (Fsp3) is 0.222. The summed E-state index contributed by atoms with van der Waals surface area (Å²) in [6, 6.07) is 4.37. The summed E-state index contributed by atoms with van der Waals surface area (Å²) >= 11 is 0. The van der Waals surface area contributed by atoms with Crippen LogP contribution < -0.4 is 10.5 Å². The van der Waals surface area contributed by atoms with Crippen LogP contribution in [-0.2, 0) is 6.54 Å². The first-order valence-corrected chi connectivity index (χ1v) is 3.99. The van der Waals surface area contributed by atoms with Crippen LogP contribution >= 0.6 is 0 Å². The van der Waals surface area contributed by atoms with Crippen LogP contribution in [0.25, 0.3) is 0 Å². The van der Waals surface area contributed by atoms with E-state index in [-0.39, 0.29) is 12.1 Å². The lowest BCUT2D eigenvalue weighted by Gasteiger charge is -2.06. The maximum atomic E-state index is 10.7. The number of aliphatic hydroxyl groups excluding tert-OH is 1. The normalized spacial score (nSPS) is 9.86. The predicted octanol–water partition coefficient (Wildman–Crippen LogP) is 0.172. The van der Waals surface area contributed by atoms with Gasteiger partial charge in [0.15, 0.2) is 6.79 Å². The van der Waals surface area contributed by atoms with Gasteiger partial charge in [-0.3, -0.25) is 0 Å². The molecule has 1 rings (SSSR count). The number of aliphatic hydroxyl groups is 1. The van der Waals surface area contributed by atoms with Crippen LogP contribution in [0, 0.1) is 0 Å². The predicted molar refractivity (Wildman–Crippen MR) is 49.0 cm³/mol. The Hall–Kier alpha value is -1.59. The molecule has 0 bridgehead atoms. The highest BCUT2D eigenvalue weighted by molar-refractivity contribution is 5.89. The van der Waals surface area contributed by atoms with E-state index in [1.54, 1.807) is 0 Å². The molecule has 14 heavy (non-hydrogen) atoms. The summed E-state index contributed by atoms with van der Waals surface area (Å²) in [5.41, 5.74) is 6.00. The standard InChI is InChI=1S/C9H11NO4/c10-4-6-3-7(14-5-11)1-2-8(6)9(12)13/h1-3,11H,4-5,10H2,(H,12,13). The largest absolute Gasteiger partial charge is 0.478 e. The molecule has 0 aliphatic rings. The van der Waals surface area contributed by atoms with Gasteiger partial charge in [0.1, 0.15) is 5.75 Å². The molecule has 0 saturated carbocycles. The summed E-state index contributed by atoms with van der Waals surface area (Å²) < 4.78 is 4.79. The number of benzene rings is 1. The van der Waals surface area contributed by atoms with Gasteiger partial charge in [-0.05, 0) is 23.8 Å². The molecule has 0 heterocycles. The fourth-order valence-electron chi connectivity index (χ4n) is 1.11. The molecule has 0 atom stereocenters. The molecule has 0 unspecified atom stereocenters. The van der Waals surface area contributed by atoms with Crippen LogP contribution in [0.1, 0.15) is 15.9 Å². The van der Waals surface area contributed by atoms with E-state index in [1.807, 2.05) is 0 Å². The Morgan fingerprint density at radius 2 is 2.21 bits per heavy atom. The minimum absolute atomic E-state index is 0.115. The minimum Gasteiger partial charge on any atom is -0.478 e.